The summed E-state index contributed by atoms with van der Waals surface area (Å²) in [5.41, 5.74) is 0.902. The van der Waals surface area contributed by atoms with Gasteiger partial charge in [0.05, 0.1) is 11.1 Å². The van der Waals surface area contributed by atoms with Crippen LogP contribution >= 0.6 is 23.5 Å². The van der Waals surface area contributed by atoms with Crippen molar-refractivity contribution in [3.8, 4) is 33.8 Å². The summed E-state index contributed by atoms with van der Waals surface area (Å²) in [6.07, 6.45) is 6.63. The van der Waals surface area contributed by atoms with Crippen LogP contribution in [0.15, 0.2) is 48.5 Å². The van der Waals surface area contributed by atoms with Gasteiger partial charge in [-0.2, -0.15) is 23.5 Å². The molecule has 0 spiro atoms. The largest absolute Gasteiger partial charge is 0.507 e. The van der Waals surface area contributed by atoms with E-state index in [0.29, 0.717) is 53.3 Å². The molecule has 0 heterocycles. The molecule has 0 amide bonds. The molecule has 1 fully saturated rings. The summed E-state index contributed by atoms with van der Waals surface area (Å²) in [6, 6.07) is 9.36. The van der Waals surface area contributed by atoms with Crippen molar-refractivity contribution in [1.29, 1.82) is 0 Å². The number of aryl methyl sites for hydroxylation is 1. The van der Waals surface area contributed by atoms with Crippen molar-refractivity contribution in [2.75, 3.05) is 5.75 Å². The monoisotopic (exact) mass is 774 g/mol. The van der Waals surface area contributed by atoms with Crippen molar-refractivity contribution in [1.82, 2.24) is 0 Å². The van der Waals surface area contributed by atoms with E-state index < -0.39 is 56.9 Å². The van der Waals surface area contributed by atoms with E-state index >= 15 is 0 Å². The number of benzene rings is 4. The van der Waals surface area contributed by atoms with E-state index in [1.165, 1.54) is 0 Å². The topological polar surface area (TPSA) is 40.5 Å². The Balaban J connectivity index is 1.41. The second-order valence-corrected chi connectivity index (χ2v) is 18.6. The second kappa shape index (κ2) is 16.6. The average molecular weight is 775 g/mol. The molecule has 1 aliphatic carbocycles. The number of aromatic hydroxyl groups is 2. The van der Waals surface area contributed by atoms with Crippen LogP contribution in [0.25, 0.3) is 22.3 Å². The molecular weight excluding hydrogens is 727 g/mol. The Bertz CT molecular complexity index is 1900. The lowest BCUT2D eigenvalue weighted by atomic mass is 9.83. The van der Waals surface area contributed by atoms with E-state index in [-0.39, 0.29) is 33.1 Å². The number of thioether (sulfide) groups is 2. The molecular formula is C43H48F6O2S2. The molecule has 286 valence electrons. The molecule has 2 atom stereocenters. The predicted molar refractivity (Wildman–Crippen MR) is 207 cm³/mol. The number of halogens is 6. The number of phenols is 2. The first-order valence-corrected chi connectivity index (χ1v) is 20.2. The summed E-state index contributed by atoms with van der Waals surface area (Å²) < 4.78 is 87.4. The average Bonchev–Trinajstić information content (AvgIpc) is 3.02. The fraction of sp³-hybridized carbons (Fsp3) is 0.442. The molecule has 2 N–H and O–H groups in total. The Hall–Kier alpha value is -3.24. The van der Waals surface area contributed by atoms with Crippen molar-refractivity contribution in [3.63, 3.8) is 0 Å². The third kappa shape index (κ3) is 9.71. The van der Waals surface area contributed by atoms with Gasteiger partial charge in [0, 0.05) is 57.2 Å². The van der Waals surface area contributed by atoms with Crippen LogP contribution in [0.3, 0.4) is 0 Å². The lowest BCUT2D eigenvalue weighted by molar-refractivity contribution is 0.467. The normalized spacial score (nSPS) is 17.1. The molecule has 10 heteroatoms. The number of rotatable bonds is 9. The van der Waals surface area contributed by atoms with E-state index in [1.54, 1.807) is 35.7 Å². The first kappa shape index (κ1) is 40.9. The van der Waals surface area contributed by atoms with Crippen LogP contribution in [0.5, 0.6) is 11.5 Å². The second-order valence-electron chi connectivity index (χ2n) is 16.1. The van der Waals surface area contributed by atoms with Crippen LogP contribution in [0.4, 0.5) is 26.3 Å². The lowest BCUT2D eigenvalue weighted by Gasteiger charge is -2.29. The Kier molecular flexibility index (Phi) is 12.9. The molecule has 2 unspecified atom stereocenters. The van der Waals surface area contributed by atoms with E-state index in [4.69, 9.17) is 0 Å². The number of phenolic OH excluding ortho intramolecular Hbond substituents is 2. The van der Waals surface area contributed by atoms with Gasteiger partial charge in [-0.05, 0) is 64.7 Å². The molecule has 53 heavy (non-hydrogen) atoms. The van der Waals surface area contributed by atoms with Gasteiger partial charge in [-0.15, -0.1) is 0 Å². The Morgan fingerprint density at radius 1 is 0.547 bits per heavy atom. The van der Waals surface area contributed by atoms with Crippen LogP contribution in [-0.2, 0) is 23.0 Å². The zero-order valence-electron chi connectivity index (χ0n) is 31.1. The zero-order chi connectivity index (χ0) is 38.8. The summed E-state index contributed by atoms with van der Waals surface area (Å²) >= 11 is 3.48. The summed E-state index contributed by atoms with van der Waals surface area (Å²) in [6.45, 7) is 11.8. The molecule has 0 radical (unpaired) electrons. The van der Waals surface area contributed by atoms with Gasteiger partial charge in [-0.3, -0.25) is 0 Å². The number of hydrogen-bond donors (Lipinski definition) is 2. The summed E-state index contributed by atoms with van der Waals surface area (Å²) in [7, 11) is 0. The molecule has 1 aliphatic rings. The van der Waals surface area contributed by atoms with Crippen LogP contribution < -0.4 is 0 Å². The van der Waals surface area contributed by atoms with Gasteiger partial charge in [0.1, 0.15) is 46.4 Å². The van der Waals surface area contributed by atoms with Crippen molar-refractivity contribution >= 4 is 23.5 Å². The molecule has 4 aromatic carbocycles. The summed E-state index contributed by atoms with van der Waals surface area (Å²) in [4.78, 5) is 0. The standard InChI is InChI=1S/C43H48F6O2S2/c1-42(2,3)26-15-24(40(50)30(17-26)38-32(46)19-28(44)20-33(38)47)13-14-52-36-11-9-7-8-10-12-37(36)53-23-25-16-27(43(4,5)6)18-31(41(25)51)39-34(48)21-29(45)22-35(39)49/h15-22,36-37,50-51H,7-14,23H2,1-6H3. The molecule has 0 aliphatic heterocycles. The van der Waals surface area contributed by atoms with Crippen molar-refractivity contribution in [2.45, 2.75) is 114 Å². The molecule has 2 nitrogen and oxygen atoms in total. The zero-order valence-corrected chi connectivity index (χ0v) is 32.7. The van der Waals surface area contributed by atoms with Crippen LogP contribution in [0.1, 0.15) is 102 Å². The van der Waals surface area contributed by atoms with E-state index in [0.717, 1.165) is 49.7 Å². The van der Waals surface area contributed by atoms with Gasteiger partial charge in [0.2, 0.25) is 0 Å². The van der Waals surface area contributed by atoms with Gasteiger partial charge in [-0.25, -0.2) is 26.3 Å². The molecule has 0 saturated heterocycles. The SMILES string of the molecule is CC(C)(C)c1cc(CCSC2CCCCCCC2SCc2cc(C(C)(C)C)cc(-c3c(F)cc(F)cc3F)c2O)c(O)c(-c2c(F)cc(F)cc2F)c1. The molecule has 5 rings (SSSR count). The minimum atomic E-state index is -1.09. The fourth-order valence-corrected chi connectivity index (χ4v) is 9.94. The quantitative estimate of drug-likeness (QED) is 0.166. The Morgan fingerprint density at radius 3 is 1.38 bits per heavy atom. The van der Waals surface area contributed by atoms with E-state index in [9.17, 15) is 36.6 Å². The highest BCUT2D eigenvalue weighted by molar-refractivity contribution is 8.03. The lowest BCUT2D eigenvalue weighted by Crippen LogP contribution is -2.23. The van der Waals surface area contributed by atoms with Crippen molar-refractivity contribution in [2.24, 2.45) is 0 Å². The maximum Gasteiger partial charge on any atom is 0.137 e. The van der Waals surface area contributed by atoms with E-state index in [2.05, 4.69) is 0 Å². The Labute approximate surface area is 317 Å². The summed E-state index contributed by atoms with van der Waals surface area (Å²) in [5.74, 6) is -5.86. The fourth-order valence-electron chi connectivity index (χ4n) is 6.85. The highest BCUT2D eigenvalue weighted by Gasteiger charge is 2.28. The molecule has 4 aromatic rings. The minimum Gasteiger partial charge on any atom is -0.507 e. The predicted octanol–water partition coefficient (Wildman–Crippen LogP) is 13.2. The first-order valence-electron chi connectivity index (χ1n) is 18.1. The molecule has 1 saturated carbocycles. The maximum atomic E-state index is 15.0. The van der Waals surface area contributed by atoms with Gasteiger partial charge in [0.25, 0.3) is 0 Å². The van der Waals surface area contributed by atoms with Gasteiger partial charge in [0.15, 0.2) is 0 Å². The molecule has 0 bridgehead atoms. The number of hydrogen-bond acceptors (Lipinski definition) is 4. The van der Waals surface area contributed by atoms with Crippen molar-refractivity contribution < 1.29 is 36.6 Å². The highest BCUT2D eigenvalue weighted by Crippen LogP contribution is 2.44. The third-order valence-corrected chi connectivity index (χ3v) is 13.0. The van der Waals surface area contributed by atoms with Crippen LogP contribution in [0, 0.1) is 34.9 Å². The van der Waals surface area contributed by atoms with Gasteiger partial charge >= 0.3 is 0 Å². The Morgan fingerprint density at radius 2 is 0.943 bits per heavy atom. The van der Waals surface area contributed by atoms with Gasteiger partial charge in [-0.1, -0.05) is 79.4 Å². The third-order valence-electron chi connectivity index (χ3n) is 9.96. The van der Waals surface area contributed by atoms with Crippen molar-refractivity contribution in [3.05, 3.63) is 106 Å². The van der Waals surface area contributed by atoms with Crippen LogP contribution in [0.2, 0.25) is 0 Å². The summed E-state index contributed by atoms with van der Waals surface area (Å²) in [5, 5.41) is 23.2. The first-order chi connectivity index (χ1) is 24.8. The van der Waals surface area contributed by atoms with Crippen LogP contribution in [-0.4, -0.2) is 26.5 Å². The smallest absolute Gasteiger partial charge is 0.137 e. The highest BCUT2D eigenvalue weighted by atomic mass is 32.2. The molecule has 0 aromatic heterocycles. The van der Waals surface area contributed by atoms with Gasteiger partial charge < -0.3 is 10.2 Å². The van der Waals surface area contributed by atoms with E-state index in [1.807, 2.05) is 53.7 Å². The minimum absolute atomic E-state index is 0.0103. The maximum absolute atomic E-state index is 15.0.